The topological polar surface area (TPSA) is 42.3 Å². The molecule has 3 aromatic rings. The van der Waals surface area contributed by atoms with Gasteiger partial charge >= 0.3 is 0 Å². The van der Waals surface area contributed by atoms with Crippen molar-refractivity contribution in [2.75, 3.05) is 6.54 Å². The number of sulfonamides is 1. The van der Waals surface area contributed by atoms with Crippen LogP contribution in [0.4, 0.5) is 4.39 Å². The maximum Gasteiger partial charge on any atom is 0.246 e. The molecule has 0 spiro atoms. The predicted molar refractivity (Wildman–Crippen MR) is 90.9 cm³/mol. The molecule has 4 rings (SSSR count). The molecule has 0 amide bonds. The SMILES string of the molecule is O=S(=O)(c1ccccc1F)N1CCn2cccc2C1c1cccs1. The van der Waals surface area contributed by atoms with Gasteiger partial charge in [0, 0.05) is 29.9 Å². The fourth-order valence-electron chi connectivity index (χ4n) is 3.14. The van der Waals surface area contributed by atoms with Crippen molar-refractivity contribution in [2.24, 2.45) is 0 Å². The third-order valence-electron chi connectivity index (χ3n) is 4.23. The zero-order chi connectivity index (χ0) is 16.7. The monoisotopic (exact) mass is 362 g/mol. The van der Waals surface area contributed by atoms with E-state index in [1.54, 1.807) is 6.07 Å². The van der Waals surface area contributed by atoms with Gasteiger partial charge in [0.05, 0.1) is 6.04 Å². The molecule has 1 aliphatic heterocycles. The molecule has 24 heavy (non-hydrogen) atoms. The number of fused-ring (bicyclic) bond motifs is 1. The Kier molecular flexibility index (Phi) is 3.79. The first-order valence-electron chi connectivity index (χ1n) is 7.54. The molecule has 0 saturated heterocycles. The summed E-state index contributed by atoms with van der Waals surface area (Å²) in [6, 6.07) is 12.8. The first-order chi connectivity index (χ1) is 11.6. The fraction of sp³-hybridized carbons (Fsp3) is 0.176. The highest BCUT2D eigenvalue weighted by molar-refractivity contribution is 7.89. The number of thiophene rings is 1. The van der Waals surface area contributed by atoms with Crippen LogP contribution >= 0.6 is 11.3 Å². The van der Waals surface area contributed by atoms with Crippen LogP contribution in [0.25, 0.3) is 0 Å². The van der Waals surface area contributed by atoms with Gasteiger partial charge in [-0.1, -0.05) is 18.2 Å². The van der Waals surface area contributed by atoms with Crippen LogP contribution in [0.15, 0.2) is 65.0 Å². The smallest absolute Gasteiger partial charge is 0.246 e. The third-order valence-corrected chi connectivity index (χ3v) is 7.05. The highest BCUT2D eigenvalue weighted by Gasteiger charge is 2.39. The van der Waals surface area contributed by atoms with E-state index in [-0.39, 0.29) is 4.90 Å². The summed E-state index contributed by atoms with van der Waals surface area (Å²) >= 11 is 1.50. The van der Waals surface area contributed by atoms with Gasteiger partial charge in [0.1, 0.15) is 10.7 Å². The summed E-state index contributed by atoms with van der Waals surface area (Å²) < 4.78 is 43.9. The van der Waals surface area contributed by atoms with Gasteiger partial charge in [-0.05, 0) is 35.7 Å². The minimum absolute atomic E-state index is 0.272. The van der Waals surface area contributed by atoms with Crippen molar-refractivity contribution in [3.05, 3.63) is 76.5 Å². The summed E-state index contributed by atoms with van der Waals surface area (Å²) in [6.45, 7) is 0.860. The van der Waals surface area contributed by atoms with E-state index >= 15 is 0 Å². The molecule has 124 valence electrons. The van der Waals surface area contributed by atoms with Gasteiger partial charge < -0.3 is 4.57 Å². The number of benzene rings is 1. The first-order valence-corrected chi connectivity index (χ1v) is 9.86. The Balaban J connectivity index is 1.87. The predicted octanol–water partition coefficient (Wildman–Crippen LogP) is 3.48. The zero-order valence-corrected chi connectivity index (χ0v) is 14.3. The highest BCUT2D eigenvalue weighted by atomic mass is 32.2. The molecular weight excluding hydrogens is 347 g/mol. The number of halogens is 1. The summed E-state index contributed by atoms with van der Waals surface area (Å²) in [5, 5.41) is 1.92. The van der Waals surface area contributed by atoms with Crippen molar-refractivity contribution in [1.82, 2.24) is 8.87 Å². The fourth-order valence-corrected chi connectivity index (χ4v) is 5.69. The van der Waals surface area contributed by atoms with E-state index in [1.165, 1.54) is 33.8 Å². The van der Waals surface area contributed by atoms with E-state index in [9.17, 15) is 12.8 Å². The van der Waals surface area contributed by atoms with E-state index in [0.717, 1.165) is 10.6 Å². The third kappa shape index (κ3) is 2.40. The molecule has 0 saturated carbocycles. The lowest BCUT2D eigenvalue weighted by molar-refractivity contribution is 0.300. The van der Waals surface area contributed by atoms with Gasteiger partial charge in [0.2, 0.25) is 10.0 Å². The summed E-state index contributed by atoms with van der Waals surface area (Å²) in [7, 11) is -3.94. The second-order valence-corrected chi connectivity index (χ2v) is 8.43. The van der Waals surface area contributed by atoms with Gasteiger partial charge in [-0.3, -0.25) is 0 Å². The quantitative estimate of drug-likeness (QED) is 0.716. The second-order valence-electron chi connectivity index (χ2n) is 5.59. The molecule has 2 aromatic heterocycles. The van der Waals surface area contributed by atoms with Crippen LogP contribution in [-0.4, -0.2) is 23.8 Å². The summed E-state index contributed by atoms with van der Waals surface area (Å²) in [5.41, 5.74) is 0.906. The van der Waals surface area contributed by atoms with Gasteiger partial charge in [-0.15, -0.1) is 11.3 Å². The minimum Gasteiger partial charge on any atom is -0.348 e. The first kappa shape index (κ1) is 15.6. The molecule has 0 aliphatic carbocycles. The van der Waals surface area contributed by atoms with E-state index in [4.69, 9.17) is 0 Å². The van der Waals surface area contributed by atoms with Gasteiger partial charge in [-0.2, -0.15) is 4.31 Å². The summed E-state index contributed by atoms with van der Waals surface area (Å²) in [4.78, 5) is 0.654. The Labute approximate surface area is 143 Å². The van der Waals surface area contributed by atoms with E-state index in [0.29, 0.717) is 13.1 Å². The lowest BCUT2D eigenvalue weighted by Crippen LogP contribution is -2.42. The second kappa shape index (κ2) is 5.84. The van der Waals surface area contributed by atoms with Crippen LogP contribution in [-0.2, 0) is 16.6 Å². The van der Waals surface area contributed by atoms with Crippen LogP contribution < -0.4 is 0 Å². The average Bonchev–Trinajstić information content (AvgIpc) is 3.25. The van der Waals surface area contributed by atoms with E-state index in [1.807, 2.05) is 35.8 Å². The Morgan fingerprint density at radius 3 is 2.62 bits per heavy atom. The number of hydrogen-bond acceptors (Lipinski definition) is 3. The van der Waals surface area contributed by atoms with Crippen LogP contribution in [0, 0.1) is 5.82 Å². The summed E-state index contributed by atoms with van der Waals surface area (Å²) in [6.07, 6.45) is 1.95. The zero-order valence-electron chi connectivity index (χ0n) is 12.7. The Bertz CT molecular complexity index is 964. The minimum atomic E-state index is -3.94. The molecule has 1 atom stereocenters. The van der Waals surface area contributed by atoms with Crippen LogP contribution in [0.3, 0.4) is 0 Å². The molecule has 4 nitrogen and oxygen atoms in total. The lowest BCUT2D eigenvalue weighted by Gasteiger charge is -2.35. The van der Waals surface area contributed by atoms with Crippen molar-refractivity contribution < 1.29 is 12.8 Å². The van der Waals surface area contributed by atoms with Crippen molar-refractivity contribution in [1.29, 1.82) is 0 Å². The Morgan fingerprint density at radius 1 is 1.04 bits per heavy atom. The normalized spacial score (nSPS) is 18.5. The van der Waals surface area contributed by atoms with Crippen molar-refractivity contribution in [3.8, 4) is 0 Å². The molecule has 1 aliphatic rings. The van der Waals surface area contributed by atoms with Crippen molar-refractivity contribution >= 4 is 21.4 Å². The van der Waals surface area contributed by atoms with Crippen molar-refractivity contribution in [3.63, 3.8) is 0 Å². The maximum absolute atomic E-state index is 14.1. The van der Waals surface area contributed by atoms with Crippen LogP contribution in [0.2, 0.25) is 0 Å². The van der Waals surface area contributed by atoms with Crippen LogP contribution in [0.5, 0.6) is 0 Å². The molecule has 0 fully saturated rings. The van der Waals surface area contributed by atoms with Gasteiger partial charge in [-0.25, -0.2) is 12.8 Å². The molecule has 3 heterocycles. The van der Waals surface area contributed by atoms with E-state index in [2.05, 4.69) is 4.57 Å². The average molecular weight is 362 g/mol. The number of nitrogens with zero attached hydrogens (tertiary/aromatic N) is 2. The molecule has 1 aromatic carbocycles. The van der Waals surface area contributed by atoms with Gasteiger partial charge in [0.15, 0.2) is 0 Å². The maximum atomic E-state index is 14.1. The number of rotatable bonds is 3. The van der Waals surface area contributed by atoms with Crippen molar-refractivity contribution in [2.45, 2.75) is 17.5 Å². The van der Waals surface area contributed by atoms with E-state index < -0.39 is 21.9 Å². The molecule has 1 unspecified atom stereocenters. The summed E-state index contributed by atoms with van der Waals surface area (Å²) in [5.74, 6) is -0.719. The number of hydrogen-bond donors (Lipinski definition) is 0. The van der Waals surface area contributed by atoms with Crippen LogP contribution in [0.1, 0.15) is 16.6 Å². The van der Waals surface area contributed by atoms with Gasteiger partial charge in [0.25, 0.3) is 0 Å². The molecule has 0 radical (unpaired) electrons. The number of aromatic nitrogens is 1. The Morgan fingerprint density at radius 2 is 1.88 bits per heavy atom. The molecule has 0 N–H and O–H groups in total. The largest absolute Gasteiger partial charge is 0.348 e. The molecule has 0 bridgehead atoms. The highest BCUT2D eigenvalue weighted by Crippen LogP contribution is 2.38. The molecule has 7 heteroatoms. The Hall–Kier alpha value is -1.96. The molecular formula is C17H15FN2O2S2. The standard InChI is InChI=1S/C17H15FN2O2S2/c18-13-5-1-2-8-16(13)24(21,22)20-11-10-19-9-3-6-14(19)17(20)15-7-4-12-23-15/h1-9,12,17H,10-11H2. The lowest BCUT2D eigenvalue weighted by atomic mass is 10.1.